The van der Waals surface area contributed by atoms with E-state index in [2.05, 4.69) is 10.1 Å². The summed E-state index contributed by atoms with van der Waals surface area (Å²) in [4.78, 5) is 24.0. The Morgan fingerprint density at radius 2 is 1.68 bits per heavy atom. The molecule has 0 spiro atoms. The van der Waals surface area contributed by atoms with Crippen molar-refractivity contribution in [2.45, 2.75) is 40.2 Å². The van der Waals surface area contributed by atoms with E-state index in [1.807, 2.05) is 32.9 Å². The lowest BCUT2D eigenvalue weighted by atomic mass is 9.91. The molecule has 1 aromatic rings. The maximum Gasteiger partial charge on any atom is 0.513 e. The van der Waals surface area contributed by atoms with E-state index in [9.17, 15) is 9.59 Å². The van der Waals surface area contributed by atoms with E-state index in [0.717, 1.165) is 22.3 Å². The van der Waals surface area contributed by atoms with Crippen molar-refractivity contribution in [2.24, 2.45) is 0 Å². The average molecular weight is 303 g/mol. The van der Waals surface area contributed by atoms with Crippen LogP contribution in [0.15, 0.2) is 17.9 Å². The average Bonchev–Trinajstić information content (AvgIpc) is 2.59. The maximum absolute atomic E-state index is 12.5. The molecule has 1 amide bonds. The van der Waals surface area contributed by atoms with Crippen LogP contribution >= 0.6 is 0 Å². The van der Waals surface area contributed by atoms with Crippen molar-refractivity contribution < 1.29 is 19.1 Å². The predicted octanol–water partition coefficient (Wildman–Crippen LogP) is 3.01. The number of nitrogens with one attached hydrogen (secondary N) is 1. The van der Waals surface area contributed by atoms with Crippen LogP contribution in [0.3, 0.4) is 0 Å². The van der Waals surface area contributed by atoms with Crippen LogP contribution < -0.4 is 5.32 Å². The van der Waals surface area contributed by atoms with Crippen LogP contribution in [-0.4, -0.2) is 24.7 Å². The first-order valence-corrected chi connectivity index (χ1v) is 7.08. The Balaban J connectivity index is 2.69. The van der Waals surface area contributed by atoms with Crippen LogP contribution in [0.5, 0.6) is 0 Å². The molecule has 0 radical (unpaired) electrons. The minimum Gasteiger partial charge on any atom is -0.437 e. The van der Waals surface area contributed by atoms with E-state index in [1.165, 1.54) is 7.11 Å². The summed E-state index contributed by atoms with van der Waals surface area (Å²) in [6.07, 6.45) is -0.834. The molecule has 1 aromatic carbocycles. The lowest BCUT2D eigenvalue weighted by Crippen LogP contribution is -2.39. The Bertz CT molecular complexity index is 663. The van der Waals surface area contributed by atoms with Crippen molar-refractivity contribution in [2.75, 3.05) is 7.11 Å². The number of rotatable bonds is 2. The number of carbonyl (C=O) groups excluding carboxylic acids is 2. The smallest absolute Gasteiger partial charge is 0.437 e. The second kappa shape index (κ2) is 5.48. The van der Waals surface area contributed by atoms with Gasteiger partial charge in [-0.25, -0.2) is 4.79 Å². The molecular weight excluding hydrogens is 282 g/mol. The Morgan fingerprint density at radius 3 is 2.18 bits per heavy atom. The number of hydrogen-bond donors (Lipinski definition) is 1. The molecule has 0 bridgehead atoms. The number of carbonyl (C=O) groups is 2. The van der Waals surface area contributed by atoms with Crippen molar-refractivity contribution in [3.63, 3.8) is 0 Å². The summed E-state index contributed by atoms with van der Waals surface area (Å²) < 4.78 is 9.86. The highest BCUT2D eigenvalue weighted by atomic mass is 16.7. The zero-order chi connectivity index (χ0) is 16.7. The third kappa shape index (κ3) is 2.71. The van der Waals surface area contributed by atoms with Gasteiger partial charge in [0.1, 0.15) is 5.76 Å². The summed E-state index contributed by atoms with van der Waals surface area (Å²) in [5.41, 5.74) is 3.47. The van der Waals surface area contributed by atoms with Crippen molar-refractivity contribution in [1.29, 1.82) is 0 Å². The van der Waals surface area contributed by atoms with Crippen LogP contribution in [0, 0.1) is 20.8 Å². The number of methoxy groups -OCH3 is 1. The number of amides is 1. The van der Waals surface area contributed by atoms with Gasteiger partial charge in [-0.05, 0) is 51.3 Å². The molecular formula is C17H21NO4. The highest BCUT2D eigenvalue weighted by molar-refractivity contribution is 6.24. The van der Waals surface area contributed by atoms with Gasteiger partial charge in [-0.15, -0.1) is 0 Å². The van der Waals surface area contributed by atoms with E-state index in [4.69, 9.17) is 4.74 Å². The van der Waals surface area contributed by atoms with Crippen molar-refractivity contribution in [1.82, 2.24) is 5.32 Å². The standard InChI is InChI=1S/C17H21NO4/c1-9-7-10(2)12(11(3)8-9)13-14(22-16(20)21-6)17(4,5)18-15(13)19/h7-8H,1-6H3,(H,18,19). The Morgan fingerprint density at radius 1 is 1.14 bits per heavy atom. The first-order valence-electron chi connectivity index (χ1n) is 7.08. The molecule has 0 aromatic heterocycles. The molecule has 1 aliphatic rings. The Kier molecular flexibility index (Phi) is 4.00. The first kappa shape index (κ1) is 16.1. The fourth-order valence-corrected chi connectivity index (χ4v) is 2.92. The van der Waals surface area contributed by atoms with Gasteiger partial charge in [0, 0.05) is 0 Å². The fourth-order valence-electron chi connectivity index (χ4n) is 2.92. The molecule has 118 valence electrons. The number of aryl methyl sites for hydroxylation is 3. The Labute approximate surface area is 130 Å². The van der Waals surface area contributed by atoms with Gasteiger partial charge in [-0.3, -0.25) is 4.79 Å². The molecule has 1 N–H and O–H groups in total. The summed E-state index contributed by atoms with van der Waals surface area (Å²) in [5, 5.41) is 2.84. The molecule has 0 fully saturated rings. The molecule has 1 heterocycles. The van der Waals surface area contributed by atoms with E-state index >= 15 is 0 Å². The lowest BCUT2D eigenvalue weighted by molar-refractivity contribution is -0.115. The monoisotopic (exact) mass is 303 g/mol. The third-order valence-electron chi connectivity index (χ3n) is 3.73. The van der Waals surface area contributed by atoms with E-state index in [0.29, 0.717) is 11.3 Å². The summed E-state index contributed by atoms with van der Waals surface area (Å²) in [7, 11) is 1.24. The van der Waals surface area contributed by atoms with Crippen molar-refractivity contribution in [3.8, 4) is 0 Å². The number of hydrogen-bond acceptors (Lipinski definition) is 4. The number of ether oxygens (including phenoxy) is 2. The van der Waals surface area contributed by atoms with Gasteiger partial charge < -0.3 is 14.8 Å². The van der Waals surface area contributed by atoms with Crippen LogP contribution in [0.2, 0.25) is 0 Å². The van der Waals surface area contributed by atoms with Crippen LogP contribution in [0.25, 0.3) is 5.57 Å². The summed E-state index contributed by atoms with van der Waals surface area (Å²) in [5.74, 6) is 0.0401. The van der Waals surface area contributed by atoms with Gasteiger partial charge in [0.15, 0.2) is 0 Å². The van der Waals surface area contributed by atoms with Crippen LogP contribution in [-0.2, 0) is 14.3 Å². The zero-order valence-corrected chi connectivity index (χ0v) is 13.8. The maximum atomic E-state index is 12.5. The molecule has 5 heteroatoms. The summed E-state index contributed by atoms with van der Waals surface area (Å²) in [6.45, 7) is 9.46. The minimum atomic E-state index is -0.834. The largest absolute Gasteiger partial charge is 0.513 e. The zero-order valence-electron chi connectivity index (χ0n) is 13.8. The molecule has 22 heavy (non-hydrogen) atoms. The molecule has 0 saturated carbocycles. The van der Waals surface area contributed by atoms with Gasteiger partial charge in [-0.2, -0.15) is 0 Å². The SMILES string of the molecule is COC(=O)OC1=C(c2c(C)cc(C)cc2C)C(=O)NC1(C)C. The molecule has 0 unspecified atom stereocenters. The van der Waals surface area contributed by atoms with Gasteiger partial charge >= 0.3 is 6.16 Å². The predicted molar refractivity (Wildman–Crippen MR) is 83.3 cm³/mol. The number of benzene rings is 1. The second-order valence-electron chi connectivity index (χ2n) is 6.11. The van der Waals surface area contributed by atoms with E-state index in [-0.39, 0.29) is 5.91 Å². The first-order chi connectivity index (χ1) is 10.2. The van der Waals surface area contributed by atoms with E-state index < -0.39 is 11.7 Å². The molecule has 2 rings (SSSR count). The highest BCUT2D eigenvalue weighted by Crippen LogP contribution is 2.37. The third-order valence-corrected chi connectivity index (χ3v) is 3.73. The second-order valence-corrected chi connectivity index (χ2v) is 6.11. The van der Waals surface area contributed by atoms with Gasteiger partial charge in [0.05, 0.1) is 18.2 Å². The van der Waals surface area contributed by atoms with Crippen molar-refractivity contribution >= 4 is 17.6 Å². The van der Waals surface area contributed by atoms with Crippen LogP contribution in [0.4, 0.5) is 4.79 Å². The molecule has 0 aliphatic carbocycles. The van der Waals surface area contributed by atoms with Crippen LogP contribution in [0.1, 0.15) is 36.1 Å². The van der Waals surface area contributed by atoms with Gasteiger partial charge in [0.2, 0.25) is 0 Å². The lowest BCUT2D eigenvalue weighted by Gasteiger charge is -2.21. The molecule has 0 atom stereocenters. The molecule has 0 saturated heterocycles. The van der Waals surface area contributed by atoms with Crippen molar-refractivity contribution in [3.05, 3.63) is 40.1 Å². The van der Waals surface area contributed by atoms with Gasteiger partial charge in [-0.1, -0.05) is 17.7 Å². The van der Waals surface area contributed by atoms with E-state index in [1.54, 1.807) is 13.8 Å². The fraction of sp³-hybridized carbons (Fsp3) is 0.412. The Hall–Kier alpha value is -2.30. The van der Waals surface area contributed by atoms with Gasteiger partial charge in [0.25, 0.3) is 5.91 Å². The topological polar surface area (TPSA) is 64.6 Å². The summed E-state index contributed by atoms with van der Waals surface area (Å²) >= 11 is 0. The molecule has 1 aliphatic heterocycles. The molecule has 5 nitrogen and oxygen atoms in total. The minimum absolute atomic E-state index is 0.251. The summed E-state index contributed by atoms with van der Waals surface area (Å²) in [6, 6.07) is 4.01. The highest BCUT2D eigenvalue weighted by Gasteiger charge is 2.42. The quantitative estimate of drug-likeness (QED) is 0.853. The normalized spacial score (nSPS) is 16.5.